The second-order valence-electron chi connectivity index (χ2n) is 5.52. The maximum atomic E-state index is 12.9. The molecule has 0 radical (unpaired) electrons. The number of rotatable bonds is 3. The first kappa shape index (κ1) is 16.8. The van der Waals surface area contributed by atoms with E-state index in [1.807, 2.05) is 6.92 Å². The molecule has 7 heteroatoms. The van der Waals surface area contributed by atoms with Gasteiger partial charge in [0.05, 0.1) is 7.11 Å². The van der Waals surface area contributed by atoms with E-state index < -0.39 is 35.0 Å². The fourth-order valence-corrected chi connectivity index (χ4v) is 3.27. The average molecular weight is 311 g/mol. The van der Waals surface area contributed by atoms with Crippen LogP contribution >= 0.6 is 0 Å². The highest BCUT2D eigenvalue weighted by Gasteiger charge is 2.71. The monoisotopic (exact) mass is 311 g/mol. The summed E-state index contributed by atoms with van der Waals surface area (Å²) in [6.07, 6.45) is 1.74. The number of methoxy groups -OCH3 is 1. The largest absolute Gasteiger partial charge is 0.386 e. The first-order valence-corrected chi connectivity index (χ1v) is 7.04. The lowest BCUT2D eigenvalue weighted by atomic mass is 9.66. The third-order valence-corrected chi connectivity index (χ3v) is 4.51. The normalized spacial score (nSPS) is 40.3. The van der Waals surface area contributed by atoms with Crippen LogP contribution in [0.2, 0.25) is 0 Å². The molecule has 122 valence electrons. The van der Waals surface area contributed by atoms with Crippen LogP contribution in [-0.4, -0.2) is 59.1 Å². The van der Waals surface area contributed by atoms with Gasteiger partial charge in [0.2, 0.25) is 0 Å². The molecule has 4 atom stereocenters. The van der Waals surface area contributed by atoms with Crippen molar-refractivity contribution < 1.29 is 29.4 Å². The molecule has 1 aliphatic carbocycles. The molecule has 1 saturated heterocycles. The summed E-state index contributed by atoms with van der Waals surface area (Å²) < 4.78 is 5.28. The summed E-state index contributed by atoms with van der Waals surface area (Å²) in [5.74, 6) is -1.35. The lowest BCUT2D eigenvalue weighted by Gasteiger charge is -2.39. The van der Waals surface area contributed by atoms with Gasteiger partial charge in [-0.05, 0) is 25.0 Å². The fraction of sp³-hybridized carbons (Fsp3) is 0.600. The van der Waals surface area contributed by atoms with Crippen molar-refractivity contribution in [3.63, 3.8) is 0 Å². The molecule has 7 nitrogen and oxygen atoms in total. The molecule has 1 fully saturated rings. The van der Waals surface area contributed by atoms with Crippen LogP contribution in [0.3, 0.4) is 0 Å². The van der Waals surface area contributed by atoms with Gasteiger partial charge in [-0.3, -0.25) is 14.4 Å². The Bertz CT molecular complexity index is 556. The molecule has 0 aromatic rings. The van der Waals surface area contributed by atoms with E-state index >= 15 is 0 Å². The van der Waals surface area contributed by atoms with Gasteiger partial charge >= 0.3 is 0 Å². The first-order valence-electron chi connectivity index (χ1n) is 7.04. The second-order valence-corrected chi connectivity index (χ2v) is 5.52. The molecule has 2 rings (SSSR count). The van der Waals surface area contributed by atoms with Gasteiger partial charge in [0.1, 0.15) is 17.6 Å². The highest BCUT2D eigenvalue weighted by molar-refractivity contribution is 6.05. The van der Waals surface area contributed by atoms with E-state index in [-0.39, 0.29) is 0 Å². The van der Waals surface area contributed by atoms with Gasteiger partial charge in [0.15, 0.2) is 11.5 Å². The molecule has 0 bridgehead atoms. The molecule has 1 aliphatic heterocycles. The number of aliphatic hydroxyl groups excluding tert-OH is 2. The van der Waals surface area contributed by atoms with Crippen molar-refractivity contribution in [1.82, 2.24) is 5.06 Å². The predicted octanol–water partition coefficient (Wildman–Crippen LogP) is -0.0639. The Morgan fingerprint density at radius 1 is 1.32 bits per heavy atom. The molecule has 1 heterocycles. The number of nitrogens with zero attached hydrogens (tertiary/aromatic N) is 1. The van der Waals surface area contributed by atoms with E-state index in [9.17, 15) is 19.8 Å². The molecule has 2 aliphatic rings. The van der Waals surface area contributed by atoms with Crippen molar-refractivity contribution in [3.05, 3.63) is 23.8 Å². The Morgan fingerprint density at radius 3 is 2.41 bits per heavy atom. The van der Waals surface area contributed by atoms with Crippen LogP contribution in [0, 0.1) is 5.41 Å². The van der Waals surface area contributed by atoms with E-state index in [4.69, 9.17) is 9.57 Å². The summed E-state index contributed by atoms with van der Waals surface area (Å²) in [7, 11) is 2.58. The molecule has 1 amide bonds. The van der Waals surface area contributed by atoms with Crippen molar-refractivity contribution >= 4 is 11.7 Å². The number of allylic oxidation sites excluding steroid dienone is 2. The number of hydrogen-bond acceptors (Lipinski definition) is 6. The second kappa shape index (κ2) is 5.58. The van der Waals surface area contributed by atoms with Crippen LogP contribution in [0.15, 0.2) is 23.8 Å². The van der Waals surface area contributed by atoms with Gasteiger partial charge in [0, 0.05) is 7.11 Å². The van der Waals surface area contributed by atoms with Gasteiger partial charge in [-0.25, -0.2) is 0 Å². The van der Waals surface area contributed by atoms with Crippen molar-refractivity contribution in [3.8, 4) is 0 Å². The maximum Gasteiger partial charge on any atom is 0.265 e. The summed E-state index contributed by atoms with van der Waals surface area (Å²) in [5.41, 5.74) is -2.98. The predicted molar refractivity (Wildman–Crippen MR) is 76.2 cm³/mol. The summed E-state index contributed by atoms with van der Waals surface area (Å²) in [6.45, 7) is 3.32. The Hall–Kier alpha value is -1.54. The van der Waals surface area contributed by atoms with Crippen molar-refractivity contribution in [2.75, 3.05) is 14.2 Å². The third kappa shape index (κ3) is 1.83. The van der Waals surface area contributed by atoms with Crippen LogP contribution in [0.25, 0.3) is 0 Å². The number of aliphatic hydroxyl groups is 2. The zero-order valence-corrected chi connectivity index (χ0v) is 13.1. The third-order valence-electron chi connectivity index (χ3n) is 4.51. The Balaban J connectivity index is 2.73. The van der Waals surface area contributed by atoms with Gasteiger partial charge in [-0.2, -0.15) is 5.06 Å². The van der Waals surface area contributed by atoms with E-state index in [0.717, 1.165) is 5.06 Å². The van der Waals surface area contributed by atoms with Gasteiger partial charge in [0.25, 0.3) is 5.91 Å². The topological polar surface area (TPSA) is 96.3 Å². The number of amides is 1. The lowest BCUT2D eigenvalue weighted by Crippen LogP contribution is -2.56. The van der Waals surface area contributed by atoms with Crippen LogP contribution < -0.4 is 0 Å². The molecule has 0 aromatic heterocycles. The van der Waals surface area contributed by atoms with E-state index in [2.05, 4.69) is 0 Å². The minimum atomic E-state index is -1.83. The van der Waals surface area contributed by atoms with Crippen LogP contribution in [-0.2, 0) is 19.2 Å². The number of carbonyl (C=O) groups excluding carboxylic acids is 2. The summed E-state index contributed by atoms with van der Waals surface area (Å²) in [5, 5.41) is 22.1. The van der Waals surface area contributed by atoms with Crippen molar-refractivity contribution in [2.24, 2.45) is 5.41 Å². The Morgan fingerprint density at radius 2 is 1.95 bits per heavy atom. The van der Waals surface area contributed by atoms with Crippen molar-refractivity contribution in [2.45, 2.75) is 38.2 Å². The maximum absolute atomic E-state index is 12.9. The highest BCUT2D eigenvalue weighted by atomic mass is 16.7. The Labute approximate surface area is 128 Å². The quantitative estimate of drug-likeness (QED) is 0.758. The minimum Gasteiger partial charge on any atom is -0.386 e. The summed E-state index contributed by atoms with van der Waals surface area (Å²) in [6, 6.07) is 0. The van der Waals surface area contributed by atoms with Crippen LogP contribution in [0.5, 0.6) is 0 Å². The fourth-order valence-electron chi connectivity index (χ4n) is 3.27. The first-order chi connectivity index (χ1) is 10.3. The Kier molecular flexibility index (Phi) is 4.27. The molecule has 22 heavy (non-hydrogen) atoms. The number of carbonyl (C=O) groups is 2. The van der Waals surface area contributed by atoms with Crippen molar-refractivity contribution in [1.29, 1.82) is 0 Å². The molecule has 2 N–H and O–H groups in total. The van der Waals surface area contributed by atoms with Crippen LogP contribution in [0.4, 0.5) is 0 Å². The highest BCUT2D eigenvalue weighted by Crippen LogP contribution is 2.52. The zero-order chi connectivity index (χ0) is 16.7. The molecule has 0 aromatic carbocycles. The molecular weight excluding hydrogens is 290 g/mol. The SMILES string of the molecule is CC/C=C1\C=CC(=O)[C@@H](O)[C@]12C(=O)N(OC)[C@@](C)(OC)[C@H]2O. The lowest BCUT2D eigenvalue weighted by molar-refractivity contribution is -0.273. The van der Waals surface area contributed by atoms with Gasteiger partial charge < -0.3 is 14.9 Å². The number of hydrogen-bond donors (Lipinski definition) is 2. The zero-order valence-electron chi connectivity index (χ0n) is 13.1. The molecule has 0 unspecified atom stereocenters. The average Bonchev–Trinajstić information content (AvgIpc) is 2.67. The number of ketones is 1. The number of ether oxygens (including phenoxy) is 1. The molecule has 0 saturated carbocycles. The summed E-state index contributed by atoms with van der Waals surface area (Å²) in [4.78, 5) is 29.9. The summed E-state index contributed by atoms with van der Waals surface area (Å²) >= 11 is 0. The number of hydroxylamine groups is 2. The van der Waals surface area contributed by atoms with E-state index in [1.54, 1.807) is 6.08 Å². The molecule has 1 spiro atoms. The van der Waals surface area contributed by atoms with E-state index in [0.29, 0.717) is 12.0 Å². The van der Waals surface area contributed by atoms with Gasteiger partial charge in [-0.1, -0.05) is 19.1 Å². The van der Waals surface area contributed by atoms with E-state index in [1.165, 1.54) is 33.3 Å². The minimum absolute atomic E-state index is 0.377. The van der Waals surface area contributed by atoms with Gasteiger partial charge in [-0.15, -0.1) is 0 Å². The standard InChI is InChI=1S/C15H21NO6/c1-5-6-9-7-8-10(17)11(18)15(9)12(19)14(2,21-3)16(22-4)13(15)20/h6-8,11-12,18-19H,5H2,1-4H3/b9-6+/t11-,12-,14+,15-/m1/s1. The molecular formula is C15H21NO6. The smallest absolute Gasteiger partial charge is 0.265 e. The van der Waals surface area contributed by atoms with Crippen LogP contribution in [0.1, 0.15) is 20.3 Å².